The van der Waals surface area contributed by atoms with Crippen molar-refractivity contribution >= 4 is 23.3 Å². The SMILES string of the molecule is COC(=O)c1cc(N2CCNC(=O)C2C)cc(C)c1N. The van der Waals surface area contributed by atoms with Gasteiger partial charge in [-0.15, -0.1) is 0 Å². The summed E-state index contributed by atoms with van der Waals surface area (Å²) in [6, 6.07) is 3.29. The Balaban J connectivity index is 2.44. The molecular formula is C14H19N3O3. The number of amides is 1. The molecule has 1 heterocycles. The summed E-state index contributed by atoms with van der Waals surface area (Å²) in [6.45, 7) is 4.94. The second-order valence-electron chi connectivity index (χ2n) is 4.88. The Morgan fingerprint density at radius 2 is 2.20 bits per heavy atom. The van der Waals surface area contributed by atoms with Gasteiger partial charge in [-0.2, -0.15) is 0 Å². The van der Waals surface area contributed by atoms with E-state index in [0.29, 0.717) is 24.3 Å². The number of esters is 1. The average Bonchev–Trinajstić information content (AvgIpc) is 2.44. The van der Waals surface area contributed by atoms with E-state index < -0.39 is 5.97 Å². The molecule has 1 fully saturated rings. The largest absolute Gasteiger partial charge is 0.465 e. The predicted molar refractivity (Wildman–Crippen MR) is 76.7 cm³/mol. The van der Waals surface area contributed by atoms with Crippen LogP contribution in [0, 0.1) is 6.92 Å². The number of methoxy groups -OCH3 is 1. The summed E-state index contributed by atoms with van der Waals surface area (Å²) in [5.74, 6) is -0.494. The third-order valence-corrected chi connectivity index (χ3v) is 3.61. The van der Waals surface area contributed by atoms with Crippen molar-refractivity contribution in [1.29, 1.82) is 0 Å². The van der Waals surface area contributed by atoms with Crippen LogP contribution in [0.25, 0.3) is 0 Å². The minimum Gasteiger partial charge on any atom is -0.465 e. The Kier molecular flexibility index (Phi) is 3.83. The molecule has 108 valence electrons. The summed E-state index contributed by atoms with van der Waals surface area (Å²) in [6.07, 6.45) is 0. The van der Waals surface area contributed by atoms with Crippen LogP contribution >= 0.6 is 0 Å². The second-order valence-corrected chi connectivity index (χ2v) is 4.88. The molecule has 0 spiro atoms. The summed E-state index contributed by atoms with van der Waals surface area (Å²) in [7, 11) is 1.32. The van der Waals surface area contributed by atoms with Crippen LogP contribution in [-0.4, -0.2) is 38.1 Å². The van der Waals surface area contributed by atoms with Crippen molar-refractivity contribution in [2.75, 3.05) is 30.8 Å². The highest BCUT2D eigenvalue weighted by molar-refractivity contribution is 5.97. The molecule has 2 rings (SSSR count). The van der Waals surface area contributed by atoms with Crippen molar-refractivity contribution < 1.29 is 14.3 Å². The lowest BCUT2D eigenvalue weighted by molar-refractivity contribution is -0.122. The third kappa shape index (κ3) is 2.41. The van der Waals surface area contributed by atoms with Crippen molar-refractivity contribution in [2.24, 2.45) is 0 Å². The molecule has 0 radical (unpaired) electrons. The monoisotopic (exact) mass is 277 g/mol. The molecule has 1 amide bonds. The summed E-state index contributed by atoms with van der Waals surface area (Å²) >= 11 is 0. The molecule has 1 unspecified atom stereocenters. The van der Waals surface area contributed by atoms with E-state index >= 15 is 0 Å². The van der Waals surface area contributed by atoms with Gasteiger partial charge in [-0.3, -0.25) is 4.79 Å². The van der Waals surface area contributed by atoms with E-state index in [4.69, 9.17) is 10.5 Å². The van der Waals surface area contributed by atoms with Gasteiger partial charge in [0, 0.05) is 24.5 Å². The first-order chi connectivity index (χ1) is 9.45. The third-order valence-electron chi connectivity index (χ3n) is 3.61. The standard InChI is InChI=1S/C14H19N3O3/c1-8-6-10(7-11(12(8)15)14(19)20-3)17-5-4-16-13(18)9(17)2/h6-7,9H,4-5,15H2,1-3H3,(H,16,18). The molecule has 1 aromatic rings. The Morgan fingerprint density at radius 3 is 2.85 bits per heavy atom. The fourth-order valence-corrected chi connectivity index (χ4v) is 2.36. The van der Waals surface area contributed by atoms with Gasteiger partial charge < -0.3 is 20.7 Å². The molecule has 0 bridgehead atoms. The lowest BCUT2D eigenvalue weighted by Gasteiger charge is -2.35. The fraction of sp³-hybridized carbons (Fsp3) is 0.429. The van der Waals surface area contributed by atoms with Crippen molar-refractivity contribution in [3.05, 3.63) is 23.3 Å². The van der Waals surface area contributed by atoms with Crippen molar-refractivity contribution in [3.8, 4) is 0 Å². The molecule has 1 aliphatic rings. The quantitative estimate of drug-likeness (QED) is 0.613. The lowest BCUT2D eigenvalue weighted by Crippen LogP contribution is -2.54. The maximum atomic E-state index is 11.8. The van der Waals surface area contributed by atoms with E-state index in [0.717, 1.165) is 11.3 Å². The van der Waals surface area contributed by atoms with Crippen LogP contribution in [0.2, 0.25) is 0 Å². The van der Waals surface area contributed by atoms with Gasteiger partial charge >= 0.3 is 5.97 Å². The van der Waals surface area contributed by atoms with Crippen LogP contribution < -0.4 is 16.0 Å². The zero-order valence-electron chi connectivity index (χ0n) is 11.9. The first-order valence-electron chi connectivity index (χ1n) is 6.48. The molecule has 0 aliphatic carbocycles. The Hall–Kier alpha value is -2.24. The zero-order valence-corrected chi connectivity index (χ0v) is 11.9. The van der Waals surface area contributed by atoms with E-state index in [-0.39, 0.29) is 11.9 Å². The van der Waals surface area contributed by atoms with E-state index in [1.54, 1.807) is 6.07 Å². The van der Waals surface area contributed by atoms with Crippen molar-refractivity contribution in [3.63, 3.8) is 0 Å². The summed E-state index contributed by atoms with van der Waals surface area (Å²) in [4.78, 5) is 25.5. The van der Waals surface area contributed by atoms with Gasteiger partial charge in [0.05, 0.1) is 12.7 Å². The molecule has 1 aliphatic heterocycles. The van der Waals surface area contributed by atoms with Gasteiger partial charge in [0.15, 0.2) is 0 Å². The molecule has 0 saturated carbocycles. The van der Waals surface area contributed by atoms with Gasteiger partial charge in [0.1, 0.15) is 6.04 Å². The number of benzene rings is 1. The smallest absolute Gasteiger partial charge is 0.340 e. The van der Waals surface area contributed by atoms with Gasteiger partial charge in [-0.05, 0) is 31.5 Å². The number of rotatable bonds is 2. The molecule has 1 saturated heterocycles. The van der Waals surface area contributed by atoms with Crippen molar-refractivity contribution in [2.45, 2.75) is 19.9 Å². The normalized spacial score (nSPS) is 18.6. The molecule has 20 heavy (non-hydrogen) atoms. The highest BCUT2D eigenvalue weighted by atomic mass is 16.5. The average molecular weight is 277 g/mol. The van der Waals surface area contributed by atoms with Gasteiger partial charge in [-0.25, -0.2) is 4.79 Å². The predicted octanol–water partition coefficient (Wildman–Crippen LogP) is 0.689. The highest BCUT2D eigenvalue weighted by Gasteiger charge is 2.27. The number of nitrogens with two attached hydrogens (primary N) is 1. The topological polar surface area (TPSA) is 84.7 Å². The number of aryl methyl sites for hydroxylation is 1. The molecule has 0 aromatic heterocycles. The lowest BCUT2D eigenvalue weighted by atomic mass is 10.0. The van der Waals surface area contributed by atoms with Crippen LogP contribution in [0.5, 0.6) is 0 Å². The maximum Gasteiger partial charge on any atom is 0.340 e. The Labute approximate surface area is 117 Å². The molecule has 1 aromatic carbocycles. The van der Waals surface area contributed by atoms with Gasteiger partial charge in [-0.1, -0.05) is 0 Å². The number of ether oxygens (including phenoxy) is 1. The molecule has 6 heteroatoms. The summed E-state index contributed by atoms with van der Waals surface area (Å²) < 4.78 is 4.75. The number of carbonyl (C=O) groups excluding carboxylic acids is 2. The molecule has 3 N–H and O–H groups in total. The zero-order chi connectivity index (χ0) is 14.9. The summed E-state index contributed by atoms with van der Waals surface area (Å²) in [5.41, 5.74) is 8.26. The number of nitrogens with zero attached hydrogens (tertiary/aromatic N) is 1. The highest BCUT2D eigenvalue weighted by Crippen LogP contribution is 2.27. The number of carbonyl (C=O) groups is 2. The second kappa shape index (κ2) is 5.40. The minimum atomic E-state index is -0.471. The molecule has 1 atom stereocenters. The molecular weight excluding hydrogens is 258 g/mol. The first kappa shape index (κ1) is 14.2. The van der Waals surface area contributed by atoms with Crippen LogP contribution in [-0.2, 0) is 9.53 Å². The van der Waals surface area contributed by atoms with Crippen LogP contribution in [0.15, 0.2) is 12.1 Å². The van der Waals surface area contributed by atoms with E-state index in [9.17, 15) is 9.59 Å². The van der Waals surface area contributed by atoms with Gasteiger partial charge in [0.2, 0.25) is 5.91 Å². The van der Waals surface area contributed by atoms with Gasteiger partial charge in [0.25, 0.3) is 0 Å². The Bertz CT molecular complexity index is 557. The number of nitrogens with one attached hydrogen (secondary N) is 1. The fourth-order valence-electron chi connectivity index (χ4n) is 2.36. The van der Waals surface area contributed by atoms with Crippen LogP contribution in [0.4, 0.5) is 11.4 Å². The molecule has 6 nitrogen and oxygen atoms in total. The van der Waals surface area contributed by atoms with Crippen LogP contribution in [0.1, 0.15) is 22.8 Å². The minimum absolute atomic E-state index is 0.0228. The number of anilines is 2. The number of nitrogen functional groups attached to an aromatic ring is 1. The summed E-state index contributed by atoms with van der Waals surface area (Å²) in [5, 5.41) is 2.81. The number of hydrogen-bond donors (Lipinski definition) is 2. The number of piperazine rings is 1. The van der Waals surface area contributed by atoms with Crippen LogP contribution in [0.3, 0.4) is 0 Å². The van der Waals surface area contributed by atoms with Crippen molar-refractivity contribution in [1.82, 2.24) is 5.32 Å². The maximum absolute atomic E-state index is 11.8. The Morgan fingerprint density at radius 1 is 1.50 bits per heavy atom. The first-order valence-corrected chi connectivity index (χ1v) is 6.48. The number of hydrogen-bond acceptors (Lipinski definition) is 5. The van der Waals surface area contributed by atoms with E-state index in [1.165, 1.54) is 7.11 Å². The van der Waals surface area contributed by atoms with E-state index in [2.05, 4.69) is 5.32 Å². The van der Waals surface area contributed by atoms with E-state index in [1.807, 2.05) is 24.8 Å².